The first-order valence-electron chi connectivity index (χ1n) is 8.71. The predicted octanol–water partition coefficient (Wildman–Crippen LogP) is 3.13. The molecular weight excluding hydrogens is 302 g/mol. The Morgan fingerprint density at radius 1 is 0.955 bits per heavy atom. The average molecular weight is 338 g/mol. The quantitative estimate of drug-likeness (QED) is 0.316. The minimum atomic E-state index is -4.10. The van der Waals surface area contributed by atoms with Gasteiger partial charge in [-0.1, -0.05) is 64.7 Å². The van der Waals surface area contributed by atoms with Crippen molar-refractivity contribution in [2.75, 3.05) is 12.3 Å². The van der Waals surface area contributed by atoms with E-state index < -0.39 is 22.0 Å². The van der Waals surface area contributed by atoms with Crippen LogP contribution in [0.4, 0.5) is 0 Å². The van der Waals surface area contributed by atoms with Gasteiger partial charge in [0.2, 0.25) is 0 Å². The highest BCUT2D eigenvalue weighted by molar-refractivity contribution is 7.85. The van der Waals surface area contributed by atoms with Gasteiger partial charge in [-0.15, -0.1) is 0 Å². The van der Waals surface area contributed by atoms with Crippen LogP contribution >= 0.6 is 0 Å². The molecular formula is C16H35NO4S. The maximum absolute atomic E-state index is 10.6. The lowest BCUT2D eigenvalue weighted by Gasteiger charge is -2.16. The number of rotatable bonds is 15. The molecule has 0 aromatic heterocycles. The van der Waals surface area contributed by atoms with Gasteiger partial charge in [0.25, 0.3) is 10.1 Å². The number of nitrogens with one attached hydrogen (secondary N) is 1. The van der Waals surface area contributed by atoms with Crippen molar-refractivity contribution in [3.63, 3.8) is 0 Å². The lowest BCUT2D eigenvalue weighted by molar-refractivity contribution is 0.186. The van der Waals surface area contributed by atoms with Gasteiger partial charge in [0.15, 0.2) is 0 Å². The molecule has 0 spiro atoms. The molecule has 2 atom stereocenters. The van der Waals surface area contributed by atoms with Crippen LogP contribution < -0.4 is 5.32 Å². The Kier molecular flexibility index (Phi) is 13.2. The fourth-order valence-electron chi connectivity index (χ4n) is 2.50. The Morgan fingerprint density at radius 2 is 1.45 bits per heavy atom. The molecule has 0 amide bonds. The minimum absolute atomic E-state index is 0.193. The molecule has 0 radical (unpaired) electrons. The molecule has 0 rings (SSSR count). The zero-order chi connectivity index (χ0) is 16.8. The van der Waals surface area contributed by atoms with Crippen molar-refractivity contribution < 1.29 is 18.1 Å². The second-order valence-corrected chi connectivity index (χ2v) is 7.83. The van der Waals surface area contributed by atoms with Crippen LogP contribution in [0.3, 0.4) is 0 Å². The number of hydrogen-bond acceptors (Lipinski definition) is 4. The third-order valence-electron chi connectivity index (χ3n) is 3.85. The summed E-state index contributed by atoms with van der Waals surface area (Å²) >= 11 is 0. The molecule has 0 saturated carbocycles. The van der Waals surface area contributed by atoms with Crippen LogP contribution in [0.1, 0.15) is 78.1 Å². The molecule has 0 aliphatic heterocycles. The van der Waals surface area contributed by atoms with Crippen molar-refractivity contribution in [3.8, 4) is 0 Å². The van der Waals surface area contributed by atoms with Crippen LogP contribution in [0.5, 0.6) is 0 Å². The van der Waals surface area contributed by atoms with Gasteiger partial charge >= 0.3 is 0 Å². The van der Waals surface area contributed by atoms with Gasteiger partial charge in [-0.2, -0.15) is 8.42 Å². The van der Waals surface area contributed by atoms with Gasteiger partial charge in [0.1, 0.15) is 5.75 Å². The summed E-state index contributed by atoms with van der Waals surface area (Å²) in [5.41, 5.74) is 0. The van der Waals surface area contributed by atoms with Gasteiger partial charge in [-0.05, 0) is 13.3 Å². The molecule has 0 aliphatic rings. The number of aliphatic hydroxyl groups is 1. The second kappa shape index (κ2) is 13.3. The maximum Gasteiger partial charge on any atom is 0.267 e. The average Bonchev–Trinajstić information content (AvgIpc) is 2.41. The molecule has 0 aliphatic carbocycles. The molecule has 2 unspecified atom stereocenters. The van der Waals surface area contributed by atoms with Crippen LogP contribution in [0.25, 0.3) is 0 Å². The summed E-state index contributed by atoms with van der Waals surface area (Å²) in [5, 5.41) is 12.6. The Morgan fingerprint density at radius 3 is 1.95 bits per heavy atom. The summed E-state index contributed by atoms with van der Waals surface area (Å²) in [6, 6.07) is 0.251. The van der Waals surface area contributed by atoms with Crippen LogP contribution in [0.2, 0.25) is 0 Å². The van der Waals surface area contributed by atoms with Crippen molar-refractivity contribution in [3.05, 3.63) is 0 Å². The smallest absolute Gasteiger partial charge is 0.267 e. The highest BCUT2D eigenvalue weighted by Gasteiger charge is 2.14. The lowest BCUT2D eigenvalue weighted by Crippen LogP contribution is -2.37. The number of unbranched alkanes of at least 4 members (excludes halogenated alkanes) is 8. The van der Waals surface area contributed by atoms with Gasteiger partial charge in [-0.25, -0.2) is 0 Å². The third-order valence-corrected chi connectivity index (χ3v) is 4.65. The molecule has 22 heavy (non-hydrogen) atoms. The van der Waals surface area contributed by atoms with Crippen LogP contribution in [-0.2, 0) is 10.1 Å². The Bertz CT molecular complexity index is 346. The van der Waals surface area contributed by atoms with E-state index in [2.05, 4.69) is 12.2 Å². The largest absolute Gasteiger partial charge is 0.391 e. The SMILES string of the molecule is CCCCCCCCCCCC(C)NCC(O)CS(=O)(=O)O. The van der Waals surface area contributed by atoms with E-state index in [-0.39, 0.29) is 12.6 Å². The Balaban J connectivity index is 3.41. The first-order valence-corrected chi connectivity index (χ1v) is 10.3. The highest BCUT2D eigenvalue weighted by atomic mass is 32.2. The zero-order valence-electron chi connectivity index (χ0n) is 14.3. The maximum atomic E-state index is 10.6. The summed E-state index contributed by atoms with van der Waals surface area (Å²) in [5.74, 6) is -0.606. The fraction of sp³-hybridized carbons (Fsp3) is 1.00. The zero-order valence-corrected chi connectivity index (χ0v) is 15.1. The molecule has 3 N–H and O–H groups in total. The lowest BCUT2D eigenvalue weighted by atomic mass is 10.0. The topological polar surface area (TPSA) is 86.6 Å². The van der Waals surface area contributed by atoms with Crippen LogP contribution in [0.15, 0.2) is 0 Å². The van der Waals surface area contributed by atoms with Crippen molar-refractivity contribution in [1.29, 1.82) is 0 Å². The summed E-state index contributed by atoms with van der Waals surface area (Å²) in [6.45, 7) is 4.46. The van der Waals surface area contributed by atoms with Gasteiger partial charge < -0.3 is 10.4 Å². The standard InChI is InChI=1S/C16H35NO4S/c1-3-4-5-6-7-8-9-10-11-12-15(2)17-13-16(18)14-22(19,20)21/h15-18H,3-14H2,1-2H3,(H,19,20,21). The molecule has 0 saturated heterocycles. The normalized spacial score (nSPS) is 14.9. The molecule has 134 valence electrons. The molecule has 0 aromatic rings. The van der Waals surface area contributed by atoms with Crippen LogP contribution in [0, 0.1) is 0 Å². The van der Waals surface area contributed by atoms with E-state index in [0.29, 0.717) is 0 Å². The van der Waals surface area contributed by atoms with Crippen molar-refractivity contribution >= 4 is 10.1 Å². The molecule has 6 heteroatoms. The van der Waals surface area contributed by atoms with E-state index >= 15 is 0 Å². The second-order valence-electron chi connectivity index (χ2n) is 6.33. The van der Waals surface area contributed by atoms with E-state index in [1.54, 1.807) is 0 Å². The van der Waals surface area contributed by atoms with E-state index in [9.17, 15) is 13.5 Å². The van der Waals surface area contributed by atoms with Gasteiger partial charge in [-0.3, -0.25) is 4.55 Å². The first-order chi connectivity index (χ1) is 10.3. The van der Waals surface area contributed by atoms with Crippen molar-refractivity contribution in [2.24, 2.45) is 0 Å². The van der Waals surface area contributed by atoms with Crippen LogP contribution in [-0.4, -0.2) is 42.5 Å². The van der Waals surface area contributed by atoms with Crippen molar-refractivity contribution in [2.45, 2.75) is 90.2 Å². The molecule has 0 fully saturated rings. The Hall–Kier alpha value is -0.170. The van der Waals surface area contributed by atoms with E-state index in [1.165, 1.54) is 51.4 Å². The number of aliphatic hydroxyl groups excluding tert-OH is 1. The van der Waals surface area contributed by atoms with E-state index in [0.717, 1.165) is 12.8 Å². The molecule has 0 aromatic carbocycles. The molecule has 5 nitrogen and oxygen atoms in total. The number of hydrogen-bond donors (Lipinski definition) is 3. The Labute approximate surface area is 136 Å². The van der Waals surface area contributed by atoms with E-state index in [1.807, 2.05) is 6.92 Å². The third kappa shape index (κ3) is 16.2. The molecule has 0 heterocycles. The first kappa shape index (κ1) is 21.8. The summed E-state index contributed by atoms with van der Waals surface area (Å²) < 4.78 is 29.8. The van der Waals surface area contributed by atoms with E-state index in [4.69, 9.17) is 4.55 Å². The summed E-state index contributed by atoms with van der Waals surface area (Å²) in [7, 11) is -4.10. The minimum Gasteiger partial charge on any atom is -0.391 e. The van der Waals surface area contributed by atoms with Gasteiger partial charge in [0, 0.05) is 12.6 Å². The highest BCUT2D eigenvalue weighted by Crippen LogP contribution is 2.11. The van der Waals surface area contributed by atoms with Gasteiger partial charge in [0.05, 0.1) is 6.10 Å². The summed E-state index contributed by atoms with van der Waals surface area (Å²) in [6.07, 6.45) is 11.7. The van der Waals surface area contributed by atoms with Crippen molar-refractivity contribution in [1.82, 2.24) is 5.32 Å². The fourth-order valence-corrected chi connectivity index (χ4v) is 3.11. The molecule has 0 bridgehead atoms. The monoisotopic (exact) mass is 337 g/mol. The predicted molar refractivity (Wildman–Crippen MR) is 91.7 cm³/mol. The summed E-state index contributed by atoms with van der Waals surface area (Å²) in [4.78, 5) is 0.